The molecular formula is C19H24N2O4. The number of amides is 1. The highest BCUT2D eigenvalue weighted by Crippen LogP contribution is 2.33. The quantitative estimate of drug-likeness (QED) is 0.865. The third-order valence-corrected chi connectivity index (χ3v) is 4.70. The van der Waals surface area contributed by atoms with Crippen LogP contribution >= 0.6 is 0 Å². The van der Waals surface area contributed by atoms with E-state index in [2.05, 4.69) is 10.3 Å². The second-order valence-corrected chi connectivity index (χ2v) is 6.31. The van der Waals surface area contributed by atoms with Crippen molar-refractivity contribution in [2.45, 2.75) is 32.1 Å². The van der Waals surface area contributed by atoms with Gasteiger partial charge in [-0.3, -0.25) is 4.79 Å². The molecule has 1 N–H and O–H groups in total. The summed E-state index contributed by atoms with van der Waals surface area (Å²) in [6.45, 7) is 0.692. The zero-order valence-corrected chi connectivity index (χ0v) is 14.7. The molecule has 1 amide bonds. The van der Waals surface area contributed by atoms with Gasteiger partial charge in [-0.2, -0.15) is 0 Å². The zero-order chi connectivity index (χ0) is 17.6. The number of oxazole rings is 1. The monoisotopic (exact) mass is 344 g/mol. The minimum Gasteiger partial charge on any atom is -0.493 e. The lowest BCUT2D eigenvalue weighted by Gasteiger charge is -2.21. The van der Waals surface area contributed by atoms with E-state index in [0.717, 1.165) is 5.56 Å². The van der Waals surface area contributed by atoms with Gasteiger partial charge in [0.05, 0.1) is 14.2 Å². The first-order valence-corrected chi connectivity index (χ1v) is 8.67. The number of nitrogens with zero attached hydrogens (tertiary/aromatic N) is 1. The summed E-state index contributed by atoms with van der Waals surface area (Å²) < 4.78 is 16.0. The third kappa shape index (κ3) is 3.95. The van der Waals surface area contributed by atoms with Crippen molar-refractivity contribution >= 4 is 5.91 Å². The Kier molecular flexibility index (Phi) is 5.58. The summed E-state index contributed by atoms with van der Waals surface area (Å²) in [5.74, 6) is 1.99. The highest BCUT2D eigenvalue weighted by atomic mass is 16.5. The number of ether oxygens (including phenoxy) is 2. The molecule has 0 spiro atoms. The Labute approximate surface area is 147 Å². The van der Waals surface area contributed by atoms with Crippen LogP contribution in [0.25, 0.3) is 11.3 Å². The van der Waals surface area contributed by atoms with E-state index in [1.54, 1.807) is 26.4 Å². The molecule has 2 aromatic rings. The molecule has 25 heavy (non-hydrogen) atoms. The highest BCUT2D eigenvalue weighted by molar-refractivity contribution is 5.97. The third-order valence-electron chi connectivity index (χ3n) is 4.70. The first-order valence-electron chi connectivity index (χ1n) is 8.67. The molecule has 6 heteroatoms. The maximum absolute atomic E-state index is 12.5. The van der Waals surface area contributed by atoms with Gasteiger partial charge < -0.3 is 19.2 Å². The fraction of sp³-hybridized carbons (Fsp3) is 0.474. The smallest absolute Gasteiger partial charge is 0.273 e. The van der Waals surface area contributed by atoms with Crippen molar-refractivity contribution in [3.05, 3.63) is 30.3 Å². The maximum Gasteiger partial charge on any atom is 0.273 e. The summed E-state index contributed by atoms with van der Waals surface area (Å²) in [5.41, 5.74) is 1.01. The lowest BCUT2D eigenvalue weighted by atomic mass is 9.89. The van der Waals surface area contributed by atoms with E-state index < -0.39 is 0 Å². The number of rotatable bonds is 6. The summed E-state index contributed by atoms with van der Waals surface area (Å²) in [7, 11) is 3.15. The number of hydrogen-bond donors (Lipinski definition) is 1. The molecule has 0 radical (unpaired) electrons. The average Bonchev–Trinajstić information content (AvgIpc) is 3.16. The van der Waals surface area contributed by atoms with Crippen molar-refractivity contribution in [2.24, 2.45) is 5.92 Å². The molecule has 1 heterocycles. The van der Waals surface area contributed by atoms with Crippen LogP contribution in [0.2, 0.25) is 0 Å². The van der Waals surface area contributed by atoms with Crippen molar-refractivity contribution in [3.63, 3.8) is 0 Å². The zero-order valence-electron chi connectivity index (χ0n) is 14.7. The summed E-state index contributed by atoms with van der Waals surface area (Å²) in [6, 6.07) is 5.37. The molecule has 0 atom stereocenters. The van der Waals surface area contributed by atoms with Crippen molar-refractivity contribution < 1.29 is 18.7 Å². The molecule has 1 aromatic carbocycles. The predicted molar refractivity (Wildman–Crippen MR) is 94.0 cm³/mol. The van der Waals surface area contributed by atoms with E-state index in [4.69, 9.17) is 13.9 Å². The average molecular weight is 344 g/mol. The van der Waals surface area contributed by atoms with Gasteiger partial charge in [0.2, 0.25) is 0 Å². The summed E-state index contributed by atoms with van der Waals surface area (Å²) >= 11 is 0. The molecule has 1 aromatic heterocycles. The number of carbonyl (C=O) groups is 1. The molecule has 134 valence electrons. The Morgan fingerprint density at radius 2 is 1.96 bits per heavy atom. The lowest BCUT2D eigenvalue weighted by molar-refractivity contribution is 0.0939. The van der Waals surface area contributed by atoms with E-state index in [1.807, 2.05) is 6.07 Å². The predicted octanol–water partition coefficient (Wildman–Crippen LogP) is 3.67. The lowest BCUT2D eigenvalue weighted by Crippen LogP contribution is -2.30. The van der Waals surface area contributed by atoms with Gasteiger partial charge in [0.1, 0.15) is 0 Å². The van der Waals surface area contributed by atoms with E-state index in [-0.39, 0.29) is 5.91 Å². The first-order chi connectivity index (χ1) is 12.2. The molecule has 1 aliphatic carbocycles. The largest absolute Gasteiger partial charge is 0.493 e. The normalized spacial score (nSPS) is 15.0. The SMILES string of the molecule is COc1ccc(-c2ocnc2C(=O)NCC2CCCCC2)cc1OC. The van der Waals surface area contributed by atoms with Crippen molar-refractivity contribution in [2.75, 3.05) is 20.8 Å². The van der Waals surface area contributed by atoms with E-state index in [0.29, 0.717) is 35.4 Å². The molecule has 6 nitrogen and oxygen atoms in total. The van der Waals surface area contributed by atoms with Crippen LogP contribution in [0.5, 0.6) is 11.5 Å². The van der Waals surface area contributed by atoms with Crippen LogP contribution in [0.15, 0.2) is 29.0 Å². The Balaban J connectivity index is 1.74. The Hall–Kier alpha value is -2.50. The van der Waals surface area contributed by atoms with E-state index in [1.165, 1.54) is 38.5 Å². The number of methoxy groups -OCH3 is 2. The number of nitrogens with one attached hydrogen (secondary N) is 1. The second-order valence-electron chi connectivity index (χ2n) is 6.31. The molecule has 0 saturated heterocycles. The van der Waals surface area contributed by atoms with Gasteiger partial charge in [-0.1, -0.05) is 19.3 Å². The van der Waals surface area contributed by atoms with Gasteiger partial charge in [-0.25, -0.2) is 4.98 Å². The van der Waals surface area contributed by atoms with Gasteiger partial charge in [0.15, 0.2) is 29.3 Å². The van der Waals surface area contributed by atoms with Crippen molar-refractivity contribution in [1.82, 2.24) is 10.3 Å². The first kappa shape index (κ1) is 17.3. The van der Waals surface area contributed by atoms with Crippen LogP contribution < -0.4 is 14.8 Å². The van der Waals surface area contributed by atoms with Crippen LogP contribution in [-0.4, -0.2) is 31.7 Å². The topological polar surface area (TPSA) is 73.6 Å². The maximum atomic E-state index is 12.5. The molecule has 1 aliphatic rings. The number of carbonyl (C=O) groups excluding carboxylic acids is 1. The van der Waals surface area contributed by atoms with Gasteiger partial charge in [0, 0.05) is 12.1 Å². The van der Waals surface area contributed by atoms with Crippen LogP contribution in [0.1, 0.15) is 42.6 Å². The summed E-state index contributed by atoms with van der Waals surface area (Å²) in [5, 5.41) is 3.00. The molecule has 3 rings (SSSR count). The molecule has 0 aliphatic heterocycles. The molecule has 0 bridgehead atoms. The standard InChI is InChI=1S/C19H24N2O4/c1-23-15-9-8-14(10-16(15)24-2)18-17(21-12-25-18)19(22)20-11-13-6-4-3-5-7-13/h8-10,12-13H,3-7,11H2,1-2H3,(H,20,22). The van der Waals surface area contributed by atoms with Crippen molar-refractivity contribution in [3.8, 4) is 22.8 Å². The Morgan fingerprint density at radius 3 is 2.68 bits per heavy atom. The summed E-state index contributed by atoms with van der Waals surface area (Å²) in [6.07, 6.45) is 7.46. The van der Waals surface area contributed by atoms with Gasteiger partial charge in [-0.05, 0) is 37.0 Å². The molecule has 1 fully saturated rings. The van der Waals surface area contributed by atoms with E-state index in [9.17, 15) is 4.79 Å². The Morgan fingerprint density at radius 1 is 1.20 bits per heavy atom. The van der Waals surface area contributed by atoms with Gasteiger partial charge in [-0.15, -0.1) is 0 Å². The fourth-order valence-corrected chi connectivity index (χ4v) is 3.30. The van der Waals surface area contributed by atoms with Crippen LogP contribution in [0, 0.1) is 5.92 Å². The van der Waals surface area contributed by atoms with Crippen molar-refractivity contribution in [1.29, 1.82) is 0 Å². The second kappa shape index (κ2) is 8.05. The highest BCUT2D eigenvalue weighted by Gasteiger charge is 2.21. The number of hydrogen-bond acceptors (Lipinski definition) is 5. The summed E-state index contributed by atoms with van der Waals surface area (Å²) in [4.78, 5) is 16.6. The molecule has 1 saturated carbocycles. The van der Waals surface area contributed by atoms with E-state index >= 15 is 0 Å². The minimum atomic E-state index is -0.205. The minimum absolute atomic E-state index is 0.205. The number of aromatic nitrogens is 1. The van der Waals surface area contributed by atoms with Gasteiger partial charge in [0.25, 0.3) is 5.91 Å². The van der Waals surface area contributed by atoms with Crippen LogP contribution in [0.4, 0.5) is 0 Å². The van der Waals surface area contributed by atoms with Crippen LogP contribution in [0.3, 0.4) is 0 Å². The Bertz CT molecular complexity index is 720. The molecular weight excluding hydrogens is 320 g/mol. The molecule has 0 unspecified atom stereocenters. The number of benzene rings is 1. The van der Waals surface area contributed by atoms with Crippen LogP contribution in [-0.2, 0) is 0 Å². The van der Waals surface area contributed by atoms with Gasteiger partial charge >= 0.3 is 0 Å². The fourth-order valence-electron chi connectivity index (χ4n) is 3.30.